The number of benzene rings is 1. The van der Waals surface area contributed by atoms with Crippen LogP contribution in [0, 0.1) is 0 Å². The highest BCUT2D eigenvalue weighted by Gasteiger charge is 2.25. The van der Waals surface area contributed by atoms with Crippen molar-refractivity contribution in [2.24, 2.45) is 7.05 Å². The van der Waals surface area contributed by atoms with Gasteiger partial charge in [0.1, 0.15) is 0 Å². The van der Waals surface area contributed by atoms with Gasteiger partial charge < -0.3 is 5.32 Å². The fraction of sp³-hybridized carbons (Fsp3) is 0.333. The Kier molecular flexibility index (Phi) is 5.52. The van der Waals surface area contributed by atoms with E-state index in [1.54, 1.807) is 43.1 Å². The van der Waals surface area contributed by atoms with E-state index < -0.39 is 0 Å². The van der Waals surface area contributed by atoms with Crippen LogP contribution in [0.1, 0.15) is 29.9 Å². The van der Waals surface area contributed by atoms with Crippen molar-refractivity contribution < 1.29 is 9.59 Å². The second-order valence-corrected chi connectivity index (χ2v) is 8.53. The van der Waals surface area contributed by atoms with E-state index in [4.69, 9.17) is 0 Å². The van der Waals surface area contributed by atoms with E-state index in [-0.39, 0.29) is 23.0 Å². The number of anilines is 1. The minimum atomic E-state index is -0.192. The zero-order chi connectivity index (χ0) is 18.8. The van der Waals surface area contributed by atoms with E-state index in [2.05, 4.69) is 17.2 Å². The largest absolute Gasteiger partial charge is 0.325 e. The number of hydrogen-bond donors (Lipinski definition) is 1. The molecular weight excluding hydrogens is 370 g/mol. The molecule has 1 aliphatic rings. The molecule has 0 saturated heterocycles. The third-order valence-electron chi connectivity index (χ3n) is 3.99. The van der Waals surface area contributed by atoms with Gasteiger partial charge in [0.25, 0.3) is 5.56 Å². The molecule has 3 rings (SSSR count). The monoisotopic (exact) mass is 389 g/mol. The van der Waals surface area contributed by atoms with E-state index in [1.807, 2.05) is 0 Å². The number of thioether (sulfide) groups is 2. The molecule has 136 valence electrons. The molecule has 1 aromatic carbocycles. The molecule has 2 aromatic rings. The second kappa shape index (κ2) is 7.67. The standard InChI is InChI=1S/C18H19N3O3S2/c1-10-8-14-16(26-10)17(24)21(3)18(20-14)25-9-15(23)19-13-6-4-12(5-7-13)11(2)22/h4-7,10H,8-9H2,1-3H3,(H,19,23). The number of aromatic nitrogens is 2. The van der Waals surface area contributed by atoms with Crippen molar-refractivity contribution in [1.82, 2.24) is 9.55 Å². The van der Waals surface area contributed by atoms with Crippen LogP contribution < -0.4 is 10.9 Å². The Morgan fingerprint density at radius 2 is 2.04 bits per heavy atom. The zero-order valence-electron chi connectivity index (χ0n) is 14.7. The van der Waals surface area contributed by atoms with Crippen LogP contribution in [0.5, 0.6) is 0 Å². The van der Waals surface area contributed by atoms with Crippen molar-refractivity contribution in [1.29, 1.82) is 0 Å². The van der Waals surface area contributed by atoms with Crippen LogP contribution in [0.2, 0.25) is 0 Å². The summed E-state index contributed by atoms with van der Waals surface area (Å²) in [7, 11) is 1.68. The topological polar surface area (TPSA) is 81.1 Å². The first-order valence-electron chi connectivity index (χ1n) is 8.15. The lowest BCUT2D eigenvalue weighted by Gasteiger charge is -2.09. The number of carbonyl (C=O) groups excluding carboxylic acids is 2. The number of hydrogen-bond acceptors (Lipinski definition) is 6. The van der Waals surface area contributed by atoms with Gasteiger partial charge in [-0.05, 0) is 31.2 Å². The highest BCUT2D eigenvalue weighted by Crippen LogP contribution is 2.33. The van der Waals surface area contributed by atoms with Crippen LogP contribution in [0.3, 0.4) is 0 Å². The van der Waals surface area contributed by atoms with Gasteiger partial charge in [-0.1, -0.05) is 18.7 Å². The quantitative estimate of drug-likeness (QED) is 0.481. The Labute approximate surface area is 159 Å². The Morgan fingerprint density at radius 3 is 2.69 bits per heavy atom. The first-order chi connectivity index (χ1) is 12.3. The van der Waals surface area contributed by atoms with Crippen LogP contribution in [-0.4, -0.2) is 32.2 Å². The number of fused-ring (bicyclic) bond motifs is 1. The van der Waals surface area contributed by atoms with Gasteiger partial charge in [-0.3, -0.25) is 19.0 Å². The molecule has 0 radical (unpaired) electrons. The van der Waals surface area contributed by atoms with Gasteiger partial charge in [-0.15, -0.1) is 11.8 Å². The molecule has 0 saturated carbocycles. The maximum Gasteiger partial charge on any atom is 0.267 e. The number of nitrogens with one attached hydrogen (secondary N) is 1. The number of carbonyl (C=O) groups is 2. The van der Waals surface area contributed by atoms with E-state index >= 15 is 0 Å². The Balaban J connectivity index is 1.65. The maximum absolute atomic E-state index is 12.4. The Bertz CT molecular complexity index is 923. The van der Waals surface area contributed by atoms with Gasteiger partial charge in [0.15, 0.2) is 10.9 Å². The minimum absolute atomic E-state index is 0.0190. The first kappa shape index (κ1) is 18.7. The molecule has 1 aliphatic heterocycles. The van der Waals surface area contributed by atoms with Gasteiger partial charge in [-0.25, -0.2) is 4.98 Å². The summed E-state index contributed by atoms with van der Waals surface area (Å²) >= 11 is 2.80. The molecule has 1 aromatic heterocycles. The van der Waals surface area contributed by atoms with Gasteiger partial charge in [0.05, 0.1) is 16.3 Å². The lowest BCUT2D eigenvalue weighted by Crippen LogP contribution is -2.23. The van der Waals surface area contributed by atoms with Crippen molar-refractivity contribution in [2.75, 3.05) is 11.1 Å². The normalized spacial score (nSPS) is 15.6. The molecule has 8 heteroatoms. The average Bonchev–Trinajstić information content (AvgIpc) is 2.98. The van der Waals surface area contributed by atoms with Gasteiger partial charge >= 0.3 is 0 Å². The molecule has 6 nitrogen and oxygen atoms in total. The van der Waals surface area contributed by atoms with E-state index in [0.717, 1.165) is 17.0 Å². The molecule has 1 unspecified atom stereocenters. The summed E-state index contributed by atoms with van der Waals surface area (Å²) < 4.78 is 1.50. The lowest BCUT2D eigenvalue weighted by molar-refractivity contribution is -0.113. The minimum Gasteiger partial charge on any atom is -0.325 e. The van der Waals surface area contributed by atoms with Crippen molar-refractivity contribution in [3.8, 4) is 0 Å². The first-order valence-corrected chi connectivity index (χ1v) is 10.0. The molecule has 1 N–H and O–H groups in total. The fourth-order valence-corrected chi connectivity index (χ4v) is 4.55. The third-order valence-corrected chi connectivity index (χ3v) is 6.23. The van der Waals surface area contributed by atoms with Crippen LogP contribution in [0.4, 0.5) is 5.69 Å². The molecular formula is C18H19N3O3S2. The van der Waals surface area contributed by atoms with Crippen LogP contribution in [-0.2, 0) is 18.3 Å². The molecule has 0 aliphatic carbocycles. The molecule has 0 spiro atoms. The molecule has 0 fully saturated rings. The van der Waals surface area contributed by atoms with Gasteiger partial charge in [0.2, 0.25) is 5.91 Å². The van der Waals surface area contributed by atoms with Crippen molar-refractivity contribution in [2.45, 2.75) is 35.6 Å². The summed E-state index contributed by atoms with van der Waals surface area (Å²) in [5, 5.41) is 3.68. The maximum atomic E-state index is 12.4. The zero-order valence-corrected chi connectivity index (χ0v) is 16.4. The van der Waals surface area contributed by atoms with E-state index in [0.29, 0.717) is 21.7 Å². The fourth-order valence-electron chi connectivity index (χ4n) is 2.62. The summed E-state index contributed by atoms with van der Waals surface area (Å²) in [4.78, 5) is 41.1. The van der Waals surface area contributed by atoms with Crippen molar-refractivity contribution in [3.05, 3.63) is 45.9 Å². The SMILES string of the molecule is CC(=O)c1ccc(NC(=O)CSc2nc3c(c(=O)n2C)SC(C)C3)cc1. The molecule has 2 heterocycles. The molecule has 1 atom stereocenters. The predicted octanol–water partition coefficient (Wildman–Crippen LogP) is 2.75. The lowest BCUT2D eigenvalue weighted by atomic mass is 10.1. The van der Waals surface area contributed by atoms with E-state index in [1.165, 1.54) is 23.3 Å². The number of amides is 1. The summed E-state index contributed by atoms with van der Waals surface area (Å²) in [5.41, 5.74) is 2.00. The Morgan fingerprint density at radius 1 is 1.35 bits per heavy atom. The van der Waals surface area contributed by atoms with Crippen molar-refractivity contribution >= 4 is 40.9 Å². The summed E-state index contributed by atoms with van der Waals surface area (Å²) in [6, 6.07) is 6.74. The van der Waals surface area contributed by atoms with E-state index in [9.17, 15) is 14.4 Å². The Hall–Kier alpha value is -2.06. The number of rotatable bonds is 5. The second-order valence-electron chi connectivity index (χ2n) is 6.14. The molecule has 26 heavy (non-hydrogen) atoms. The van der Waals surface area contributed by atoms with Gasteiger partial charge in [-0.2, -0.15) is 0 Å². The van der Waals surface area contributed by atoms with Crippen LogP contribution in [0.15, 0.2) is 39.1 Å². The number of Topliss-reactive ketones (excluding diaryl/α,β-unsaturated/α-hetero) is 1. The van der Waals surface area contributed by atoms with Crippen LogP contribution in [0.25, 0.3) is 0 Å². The number of ketones is 1. The average molecular weight is 390 g/mol. The van der Waals surface area contributed by atoms with Crippen molar-refractivity contribution in [3.63, 3.8) is 0 Å². The number of nitrogens with zero attached hydrogens (tertiary/aromatic N) is 2. The summed E-state index contributed by atoms with van der Waals surface area (Å²) in [6.45, 7) is 3.57. The predicted molar refractivity (Wildman–Crippen MR) is 104 cm³/mol. The highest BCUT2D eigenvalue weighted by atomic mass is 32.2. The van der Waals surface area contributed by atoms with Gasteiger partial charge in [0, 0.05) is 30.0 Å². The summed E-state index contributed by atoms with van der Waals surface area (Å²) in [6.07, 6.45) is 0.776. The highest BCUT2D eigenvalue weighted by molar-refractivity contribution is 8.00. The molecule has 0 bridgehead atoms. The van der Waals surface area contributed by atoms with Crippen LogP contribution >= 0.6 is 23.5 Å². The third kappa shape index (κ3) is 4.02. The molecule has 1 amide bonds. The summed E-state index contributed by atoms with van der Waals surface area (Å²) in [5.74, 6) is -0.0615. The smallest absolute Gasteiger partial charge is 0.267 e.